The van der Waals surface area contributed by atoms with E-state index in [2.05, 4.69) is 0 Å². The van der Waals surface area contributed by atoms with Crippen LogP contribution in [0.5, 0.6) is 5.75 Å². The van der Waals surface area contributed by atoms with Crippen molar-refractivity contribution < 1.29 is 41.9 Å². The number of carbonyl (C=O) groups is 2. The lowest BCUT2D eigenvalue weighted by molar-refractivity contribution is -0.384. The highest BCUT2D eigenvalue weighted by Crippen LogP contribution is 2.32. The van der Waals surface area contributed by atoms with Crippen molar-refractivity contribution in [2.75, 3.05) is 4.90 Å². The number of amides is 1. The van der Waals surface area contributed by atoms with E-state index in [1.54, 1.807) is 0 Å². The van der Waals surface area contributed by atoms with Gasteiger partial charge in [0.05, 0.1) is 22.6 Å². The summed E-state index contributed by atoms with van der Waals surface area (Å²) in [6, 6.07) is 10.9. The number of aromatic carboxylic acids is 1. The van der Waals surface area contributed by atoms with Crippen molar-refractivity contribution in [2.24, 2.45) is 0 Å². The van der Waals surface area contributed by atoms with Gasteiger partial charge >= 0.3 is 18.2 Å². The third kappa shape index (κ3) is 5.65. The van der Waals surface area contributed by atoms with E-state index < -0.39 is 41.1 Å². The fraction of sp³-hybridized carbons (Fsp3) is 0.0909. The lowest BCUT2D eigenvalue weighted by Crippen LogP contribution is -2.33. The first kappa shape index (κ1) is 24.2. The summed E-state index contributed by atoms with van der Waals surface area (Å²) in [7, 11) is 0. The molecule has 0 saturated heterocycles. The molecule has 0 aliphatic rings. The Balaban J connectivity index is 1.97. The van der Waals surface area contributed by atoms with Crippen molar-refractivity contribution in [3.63, 3.8) is 0 Å². The summed E-state index contributed by atoms with van der Waals surface area (Å²) < 4.78 is 59.2. The number of nitro benzene ring substituents is 1. The number of anilines is 1. The molecule has 0 aliphatic carbocycles. The van der Waals surface area contributed by atoms with Gasteiger partial charge in [-0.3, -0.25) is 15.0 Å². The van der Waals surface area contributed by atoms with E-state index in [4.69, 9.17) is 9.84 Å². The maximum Gasteiger partial charge on any atom is 0.420 e. The average Bonchev–Trinajstić information content (AvgIpc) is 2.78. The van der Waals surface area contributed by atoms with E-state index in [1.807, 2.05) is 0 Å². The normalized spacial score (nSPS) is 11.1. The zero-order valence-corrected chi connectivity index (χ0v) is 17.0. The van der Waals surface area contributed by atoms with Crippen LogP contribution >= 0.6 is 0 Å². The van der Waals surface area contributed by atoms with Gasteiger partial charge in [-0.15, -0.1) is 0 Å². The van der Waals surface area contributed by atoms with Gasteiger partial charge in [0.1, 0.15) is 11.6 Å². The number of rotatable bonds is 6. The molecule has 3 aromatic carbocycles. The molecule has 1 N–H and O–H groups in total. The second-order valence-electron chi connectivity index (χ2n) is 6.86. The molecule has 3 rings (SSSR count). The predicted molar refractivity (Wildman–Crippen MR) is 110 cm³/mol. The molecule has 8 nitrogen and oxygen atoms in total. The number of benzene rings is 3. The highest BCUT2D eigenvalue weighted by atomic mass is 19.4. The van der Waals surface area contributed by atoms with Crippen molar-refractivity contribution in [2.45, 2.75) is 12.7 Å². The number of carboxylic acid groups (broad SMARTS) is 1. The first-order valence-corrected chi connectivity index (χ1v) is 9.38. The molecule has 34 heavy (non-hydrogen) atoms. The van der Waals surface area contributed by atoms with Crippen molar-refractivity contribution in [1.29, 1.82) is 0 Å². The summed E-state index contributed by atoms with van der Waals surface area (Å²) in [5, 5.41) is 19.7. The minimum Gasteiger partial charge on any atom is -0.478 e. The Bertz CT molecular complexity index is 1240. The maximum atomic E-state index is 14.5. The maximum absolute atomic E-state index is 14.5. The van der Waals surface area contributed by atoms with E-state index >= 15 is 0 Å². The highest BCUT2D eigenvalue weighted by molar-refractivity contribution is 5.90. The molecular weight excluding hydrogens is 464 g/mol. The fourth-order valence-electron chi connectivity index (χ4n) is 2.88. The molecular formula is C22H14F4N2O6. The lowest BCUT2D eigenvalue weighted by Gasteiger charge is -2.23. The third-order valence-electron chi connectivity index (χ3n) is 4.59. The second-order valence-corrected chi connectivity index (χ2v) is 6.86. The number of hydrogen-bond donors (Lipinski definition) is 1. The summed E-state index contributed by atoms with van der Waals surface area (Å²) in [6.07, 6.45) is -5.92. The number of carbonyl (C=O) groups excluding carboxylic acids is 1. The van der Waals surface area contributed by atoms with Gasteiger partial charge in [0.15, 0.2) is 0 Å². The van der Waals surface area contributed by atoms with E-state index in [-0.39, 0.29) is 28.3 Å². The Morgan fingerprint density at radius 3 is 2.26 bits per heavy atom. The summed E-state index contributed by atoms with van der Waals surface area (Å²) in [6.45, 7) is -0.598. The van der Waals surface area contributed by atoms with Gasteiger partial charge in [0.2, 0.25) is 0 Å². The molecule has 0 bridgehead atoms. The smallest absolute Gasteiger partial charge is 0.420 e. The van der Waals surface area contributed by atoms with E-state index in [0.717, 1.165) is 53.4 Å². The van der Waals surface area contributed by atoms with Crippen LogP contribution in [0.25, 0.3) is 0 Å². The largest absolute Gasteiger partial charge is 0.478 e. The van der Waals surface area contributed by atoms with Crippen LogP contribution in [0.2, 0.25) is 0 Å². The number of hydrogen-bond acceptors (Lipinski definition) is 5. The first-order chi connectivity index (χ1) is 16.0. The minimum atomic E-state index is -4.72. The number of alkyl halides is 3. The number of ether oxygens (including phenoxy) is 1. The Hall–Kier alpha value is -4.48. The van der Waals surface area contributed by atoms with Crippen LogP contribution < -0.4 is 9.64 Å². The number of carboxylic acids is 1. The SMILES string of the molecule is O=C(O)c1ccc(CN(C(=O)Oc2ccc([N+](=O)[O-])cc2)c2cccc(C(F)(F)F)c2)c(F)c1. The number of nitrogens with zero attached hydrogens (tertiary/aromatic N) is 2. The predicted octanol–water partition coefficient (Wildman–Crippen LogP) is 5.66. The molecule has 3 aromatic rings. The Labute approximate surface area is 188 Å². The van der Waals surface area contributed by atoms with Crippen LogP contribution in [0.4, 0.5) is 33.7 Å². The van der Waals surface area contributed by atoms with Crippen LogP contribution in [0, 0.1) is 15.9 Å². The topological polar surface area (TPSA) is 110 Å². The molecule has 0 unspecified atom stereocenters. The summed E-state index contributed by atoms with van der Waals surface area (Å²) in [4.78, 5) is 34.7. The van der Waals surface area contributed by atoms with Crippen molar-refractivity contribution in [1.82, 2.24) is 0 Å². The zero-order valence-electron chi connectivity index (χ0n) is 17.0. The molecule has 0 aromatic heterocycles. The van der Waals surface area contributed by atoms with Crippen molar-refractivity contribution >= 4 is 23.4 Å². The number of halogens is 4. The first-order valence-electron chi connectivity index (χ1n) is 9.38. The van der Waals surface area contributed by atoms with E-state index in [1.165, 1.54) is 6.07 Å². The summed E-state index contributed by atoms with van der Waals surface area (Å²) in [5.74, 6) is -2.54. The van der Waals surface area contributed by atoms with E-state index in [0.29, 0.717) is 12.1 Å². The Morgan fingerprint density at radius 1 is 1.03 bits per heavy atom. The molecule has 0 heterocycles. The van der Waals surface area contributed by atoms with Crippen molar-refractivity contribution in [3.8, 4) is 5.75 Å². The molecule has 176 valence electrons. The van der Waals surface area contributed by atoms with Gasteiger partial charge in [0, 0.05) is 23.4 Å². The molecule has 0 radical (unpaired) electrons. The third-order valence-corrected chi connectivity index (χ3v) is 4.59. The highest BCUT2D eigenvalue weighted by Gasteiger charge is 2.32. The molecule has 0 aliphatic heterocycles. The van der Waals surface area contributed by atoms with Crippen LogP contribution in [0.15, 0.2) is 66.7 Å². The molecule has 1 amide bonds. The second kappa shape index (κ2) is 9.57. The standard InChI is InChI=1S/C22H14F4N2O6/c23-19-10-13(20(29)30)4-5-14(19)12-27(17-3-1-2-15(11-17)22(24,25)26)21(31)34-18-8-6-16(7-9-18)28(32)33/h1-11H,12H2,(H,29,30). The monoisotopic (exact) mass is 478 g/mol. The van der Waals surface area contributed by atoms with Crippen molar-refractivity contribution in [3.05, 3.63) is 99.4 Å². The van der Waals surface area contributed by atoms with Gasteiger partial charge < -0.3 is 9.84 Å². The Morgan fingerprint density at radius 2 is 1.71 bits per heavy atom. The molecule has 0 spiro atoms. The van der Waals surface area contributed by atoms with Gasteiger partial charge in [0.25, 0.3) is 5.69 Å². The van der Waals surface area contributed by atoms with Gasteiger partial charge in [-0.05, 0) is 42.5 Å². The van der Waals surface area contributed by atoms with Gasteiger partial charge in [-0.25, -0.2) is 14.0 Å². The van der Waals surface area contributed by atoms with Crippen LogP contribution in [0.3, 0.4) is 0 Å². The van der Waals surface area contributed by atoms with Gasteiger partial charge in [-0.1, -0.05) is 12.1 Å². The fourth-order valence-corrected chi connectivity index (χ4v) is 2.88. The lowest BCUT2D eigenvalue weighted by atomic mass is 10.1. The summed E-state index contributed by atoms with van der Waals surface area (Å²) >= 11 is 0. The van der Waals surface area contributed by atoms with E-state index in [9.17, 15) is 37.3 Å². The molecule has 0 fully saturated rings. The molecule has 0 atom stereocenters. The number of non-ortho nitro benzene ring substituents is 1. The summed E-state index contributed by atoms with van der Waals surface area (Å²) in [5.41, 5.74) is -2.18. The van der Waals surface area contributed by atoms with Crippen LogP contribution in [0.1, 0.15) is 21.5 Å². The Kier molecular flexibility index (Phi) is 6.80. The zero-order chi connectivity index (χ0) is 25.0. The quantitative estimate of drug-likeness (QED) is 0.278. The minimum absolute atomic E-state index is 0.144. The van der Waals surface area contributed by atoms with Gasteiger partial charge in [-0.2, -0.15) is 13.2 Å². The van der Waals surface area contributed by atoms with Crippen LogP contribution in [-0.2, 0) is 12.7 Å². The van der Waals surface area contributed by atoms with Crippen LogP contribution in [-0.4, -0.2) is 22.1 Å². The molecule has 0 saturated carbocycles. The number of nitro groups is 1. The average molecular weight is 478 g/mol. The molecule has 12 heteroatoms.